The second-order valence-corrected chi connectivity index (χ2v) is 7.39. The maximum Gasteiger partial charge on any atom is 0.322 e. The number of H-pyrrole nitrogens is 1. The van der Waals surface area contributed by atoms with Crippen LogP contribution in [0, 0.1) is 6.92 Å². The van der Waals surface area contributed by atoms with Crippen LogP contribution in [0.3, 0.4) is 0 Å². The molecule has 1 heterocycles. The molecular weight excluding hydrogens is 352 g/mol. The Labute approximate surface area is 163 Å². The molecule has 0 bridgehead atoms. The summed E-state index contributed by atoms with van der Waals surface area (Å²) in [5.41, 5.74) is 2.37. The maximum atomic E-state index is 13.0. The number of benzene rings is 2. The van der Waals surface area contributed by atoms with E-state index in [1.54, 1.807) is 11.0 Å². The Morgan fingerprint density at radius 1 is 1.14 bits per heavy atom. The van der Waals surface area contributed by atoms with Gasteiger partial charge in [-0.2, -0.15) is 0 Å². The minimum absolute atomic E-state index is 0.155. The lowest BCUT2D eigenvalue weighted by Crippen LogP contribution is -2.41. The molecule has 1 saturated carbocycles. The Morgan fingerprint density at radius 2 is 1.86 bits per heavy atom. The number of carbonyl (C=O) groups excluding carboxylic acids is 1. The van der Waals surface area contributed by atoms with Crippen LogP contribution in [0.5, 0.6) is 0 Å². The first kappa shape index (κ1) is 18.2. The van der Waals surface area contributed by atoms with Crippen LogP contribution in [0.25, 0.3) is 10.9 Å². The lowest BCUT2D eigenvalue weighted by Gasteiger charge is -2.28. The minimum atomic E-state index is -0.175. The summed E-state index contributed by atoms with van der Waals surface area (Å²) < 4.78 is 0. The topological polar surface area (TPSA) is 78.1 Å². The molecule has 3 aromatic rings. The lowest BCUT2D eigenvalue weighted by molar-refractivity contribution is 0.182. The lowest BCUT2D eigenvalue weighted by atomic mass is 10.2. The molecule has 144 valence electrons. The monoisotopic (exact) mass is 376 g/mol. The average molecular weight is 376 g/mol. The second kappa shape index (κ2) is 7.84. The molecule has 0 aliphatic heterocycles. The quantitative estimate of drug-likeness (QED) is 0.716. The Morgan fingerprint density at radius 3 is 2.61 bits per heavy atom. The van der Waals surface area contributed by atoms with Crippen LogP contribution < -0.4 is 10.9 Å². The van der Waals surface area contributed by atoms with Crippen molar-refractivity contribution in [3.8, 4) is 0 Å². The van der Waals surface area contributed by atoms with Crippen molar-refractivity contribution in [1.29, 1.82) is 0 Å². The number of aryl methyl sites for hydroxylation is 1. The standard InChI is InChI=1S/C22H24N4O2/c1-15-10-12-16(13-11-15)23-22(28)26(17-6-2-3-7-17)14-20-24-19-9-5-4-8-18(19)21(27)25-20/h4-5,8-13,17H,2-3,6-7,14H2,1H3,(H,23,28)(H,24,25,27). The SMILES string of the molecule is Cc1ccc(NC(=O)N(Cc2nc3ccccc3c(=O)[nH]2)C2CCCC2)cc1. The summed E-state index contributed by atoms with van der Waals surface area (Å²) in [6, 6.07) is 15.0. The number of fused-ring (bicyclic) bond motifs is 1. The summed E-state index contributed by atoms with van der Waals surface area (Å²) in [7, 11) is 0. The second-order valence-electron chi connectivity index (χ2n) is 7.39. The van der Waals surface area contributed by atoms with Gasteiger partial charge in [0.05, 0.1) is 17.4 Å². The van der Waals surface area contributed by atoms with E-state index in [0.717, 1.165) is 36.9 Å². The highest BCUT2D eigenvalue weighted by Crippen LogP contribution is 2.25. The van der Waals surface area contributed by atoms with Crippen molar-refractivity contribution >= 4 is 22.6 Å². The highest BCUT2D eigenvalue weighted by atomic mass is 16.2. The molecule has 1 fully saturated rings. The number of hydrogen-bond acceptors (Lipinski definition) is 3. The van der Waals surface area contributed by atoms with Gasteiger partial charge in [-0.05, 0) is 44.0 Å². The van der Waals surface area contributed by atoms with Crippen molar-refractivity contribution in [2.24, 2.45) is 0 Å². The summed E-state index contributed by atoms with van der Waals surface area (Å²) >= 11 is 0. The van der Waals surface area contributed by atoms with E-state index >= 15 is 0 Å². The Bertz CT molecular complexity index is 1040. The normalized spacial score (nSPS) is 14.3. The number of amides is 2. The number of carbonyl (C=O) groups is 1. The molecule has 0 radical (unpaired) electrons. The minimum Gasteiger partial charge on any atom is -0.314 e. The van der Waals surface area contributed by atoms with Crippen LogP contribution in [0.15, 0.2) is 53.3 Å². The zero-order valence-electron chi connectivity index (χ0n) is 15.9. The van der Waals surface area contributed by atoms with Crippen molar-refractivity contribution in [1.82, 2.24) is 14.9 Å². The smallest absolute Gasteiger partial charge is 0.314 e. The van der Waals surface area contributed by atoms with E-state index in [2.05, 4.69) is 15.3 Å². The molecule has 1 aromatic heterocycles. The van der Waals surface area contributed by atoms with Crippen molar-refractivity contribution in [3.05, 3.63) is 70.3 Å². The van der Waals surface area contributed by atoms with Gasteiger partial charge >= 0.3 is 6.03 Å². The number of anilines is 1. The fourth-order valence-corrected chi connectivity index (χ4v) is 3.79. The van der Waals surface area contributed by atoms with E-state index in [0.29, 0.717) is 16.7 Å². The van der Waals surface area contributed by atoms with Gasteiger partial charge in [-0.25, -0.2) is 9.78 Å². The number of aromatic nitrogens is 2. The zero-order chi connectivity index (χ0) is 19.5. The van der Waals surface area contributed by atoms with E-state index in [9.17, 15) is 9.59 Å². The molecule has 6 heteroatoms. The molecule has 6 nitrogen and oxygen atoms in total. The highest BCUT2D eigenvalue weighted by Gasteiger charge is 2.27. The number of urea groups is 1. The van der Waals surface area contributed by atoms with Crippen molar-refractivity contribution < 1.29 is 4.79 Å². The van der Waals surface area contributed by atoms with E-state index < -0.39 is 0 Å². The third-order valence-electron chi connectivity index (χ3n) is 5.31. The van der Waals surface area contributed by atoms with Gasteiger partial charge in [0.1, 0.15) is 5.82 Å². The predicted molar refractivity (Wildman–Crippen MR) is 110 cm³/mol. The molecule has 2 amide bonds. The van der Waals surface area contributed by atoms with E-state index in [1.165, 1.54) is 0 Å². The third-order valence-corrected chi connectivity index (χ3v) is 5.31. The molecule has 0 atom stereocenters. The van der Waals surface area contributed by atoms with Crippen LogP contribution in [0.1, 0.15) is 37.1 Å². The van der Waals surface area contributed by atoms with Crippen molar-refractivity contribution in [3.63, 3.8) is 0 Å². The Kier molecular flexibility index (Phi) is 5.10. The van der Waals surface area contributed by atoms with Crippen LogP contribution in [-0.2, 0) is 6.54 Å². The molecule has 0 saturated heterocycles. The molecule has 1 aliphatic rings. The van der Waals surface area contributed by atoms with Gasteiger partial charge in [-0.15, -0.1) is 0 Å². The number of para-hydroxylation sites is 1. The van der Waals surface area contributed by atoms with Crippen LogP contribution >= 0.6 is 0 Å². The summed E-state index contributed by atoms with van der Waals surface area (Å²) in [5, 5.41) is 3.54. The maximum absolute atomic E-state index is 13.0. The molecule has 4 rings (SSSR count). The fraction of sp³-hybridized carbons (Fsp3) is 0.318. The van der Waals surface area contributed by atoms with Gasteiger partial charge in [0.15, 0.2) is 0 Å². The van der Waals surface area contributed by atoms with Gasteiger partial charge < -0.3 is 15.2 Å². The van der Waals surface area contributed by atoms with Crippen LogP contribution in [-0.4, -0.2) is 26.9 Å². The third kappa shape index (κ3) is 3.91. The molecule has 28 heavy (non-hydrogen) atoms. The summed E-state index contributed by atoms with van der Waals surface area (Å²) in [6.45, 7) is 2.29. The van der Waals surface area contributed by atoms with Gasteiger partial charge in [-0.3, -0.25) is 4.79 Å². The Balaban J connectivity index is 1.60. The number of nitrogens with one attached hydrogen (secondary N) is 2. The van der Waals surface area contributed by atoms with Gasteiger partial charge in [0.25, 0.3) is 5.56 Å². The highest BCUT2D eigenvalue weighted by molar-refractivity contribution is 5.89. The summed E-state index contributed by atoms with van der Waals surface area (Å²) in [4.78, 5) is 34.6. The first-order chi connectivity index (χ1) is 13.6. The van der Waals surface area contributed by atoms with Gasteiger partial charge in [0.2, 0.25) is 0 Å². The molecule has 0 unspecified atom stereocenters. The predicted octanol–water partition coefficient (Wildman–Crippen LogP) is 4.21. The fourth-order valence-electron chi connectivity index (χ4n) is 3.79. The molecule has 2 N–H and O–H groups in total. The first-order valence-electron chi connectivity index (χ1n) is 9.72. The van der Waals surface area contributed by atoms with E-state index in [1.807, 2.05) is 49.4 Å². The van der Waals surface area contributed by atoms with E-state index in [4.69, 9.17) is 0 Å². The molecular formula is C22H24N4O2. The molecule has 1 aliphatic carbocycles. The van der Waals surface area contributed by atoms with Crippen LogP contribution in [0.4, 0.5) is 10.5 Å². The van der Waals surface area contributed by atoms with Crippen molar-refractivity contribution in [2.75, 3.05) is 5.32 Å². The summed E-state index contributed by atoms with van der Waals surface area (Å²) in [5.74, 6) is 0.509. The van der Waals surface area contributed by atoms with Crippen LogP contribution in [0.2, 0.25) is 0 Å². The van der Waals surface area contributed by atoms with Gasteiger partial charge in [-0.1, -0.05) is 42.7 Å². The largest absolute Gasteiger partial charge is 0.322 e. The van der Waals surface area contributed by atoms with E-state index in [-0.39, 0.29) is 24.2 Å². The Hall–Kier alpha value is -3.15. The van der Waals surface area contributed by atoms with Gasteiger partial charge in [0, 0.05) is 11.7 Å². The molecule has 0 spiro atoms. The summed E-state index contributed by atoms with van der Waals surface area (Å²) in [6.07, 6.45) is 4.17. The number of rotatable bonds is 4. The number of nitrogens with zero attached hydrogens (tertiary/aromatic N) is 2. The average Bonchev–Trinajstić information content (AvgIpc) is 3.22. The number of hydrogen-bond donors (Lipinski definition) is 2. The van der Waals surface area contributed by atoms with Crippen molar-refractivity contribution in [2.45, 2.75) is 45.2 Å². The zero-order valence-corrected chi connectivity index (χ0v) is 15.9. The number of aromatic amines is 1. The first-order valence-corrected chi connectivity index (χ1v) is 9.72. The molecule has 2 aromatic carbocycles.